The van der Waals surface area contributed by atoms with Crippen LogP contribution in [0.3, 0.4) is 0 Å². The fourth-order valence-electron chi connectivity index (χ4n) is 4.78. The average molecular weight is 525 g/mol. The summed E-state index contributed by atoms with van der Waals surface area (Å²) in [5, 5.41) is 6.96. The van der Waals surface area contributed by atoms with Crippen LogP contribution in [0.4, 0.5) is 0 Å². The van der Waals surface area contributed by atoms with Gasteiger partial charge < -0.3 is 9.64 Å². The third-order valence-electron chi connectivity index (χ3n) is 7.19. The normalized spacial score (nSPS) is 18.3. The Bertz CT molecular complexity index is 1160. The Hall–Kier alpha value is -2.74. The molecule has 0 spiro atoms. The molecule has 198 valence electrons. The van der Waals surface area contributed by atoms with Crippen molar-refractivity contribution in [3.05, 3.63) is 69.7 Å². The molecule has 8 heteroatoms. The number of aryl methyl sites for hydroxylation is 2. The molecular weight excluding hydrogens is 488 g/mol. The summed E-state index contributed by atoms with van der Waals surface area (Å²) < 4.78 is 5.44. The van der Waals surface area contributed by atoms with Crippen LogP contribution >= 0.6 is 11.6 Å². The predicted octanol–water partition coefficient (Wildman–Crippen LogP) is 4.45. The smallest absolute Gasteiger partial charge is 0.262 e. The largest absolute Gasteiger partial charge is 0.379 e. The molecule has 2 amide bonds. The van der Waals surface area contributed by atoms with E-state index in [0.29, 0.717) is 37.7 Å². The van der Waals surface area contributed by atoms with E-state index >= 15 is 0 Å². The minimum absolute atomic E-state index is 0.0218. The molecule has 0 aliphatic carbocycles. The molecule has 0 bridgehead atoms. The minimum atomic E-state index is -0.326. The quantitative estimate of drug-likeness (QED) is 0.511. The summed E-state index contributed by atoms with van der Waals surface area (Å²) in [4.78, 5) is 30.8. The molecule has 1 atom stereocenters. The van der Waals surface area contributed by atoms with Crippen LogP contribution in [-0.4, -0.2) is 78.3 Å². The monoisotopic (exact) mass is 524 g/mol. The first-order valence-corrected chi connectivity index (χ1v) is 13.4. The SMILES string of the molecule is Cc1ccc(C2=NN(C(=O)CN(CCN3CCOCC3)C(=O)C(C)C)[C@H](c3ccccc3Cl)C2)cc1C. The topological polar surface area (TPSA) is 65.5 Å². The van der Waals surface area contributed by atoms with Gasteiger partial charge in [-0.15, -0.1) is 0 Å². The highest BCUT2D eigenvalue weighted by Gasteiger charge is 2.35. The lowest BCUT2D eigenvalue weighted by Gasteiger charge is -2.32. The summed E-state index contributed by atoms with van der Waals surface area (Å²) in [6.07, 6.45) is 0.559. The van der Waals surface area contributed by atoms with E-state index in [2.05, 4.69) is 36.9 Å². The molecule has 0 aromatic heterocycles. The molecule has 2 aliphatic rings. The highest BCUT2D eigenvalue weighted by Crippen LogP contribution is 2.36. The van der Waals surface area contributed by atoms with Gasteiger partial charge in [0.25, 0.3) is 5.91 Å². The van der Waals surface area contributed by atoms with E-state index in [1.165, 1.54) is 11.1 Å². The average Bonchev–Trinajstić information content (AvgIpc) is 3.34. The fraction of sp³-hybridized carbons (Fsp3) is 0.483. The van der Waals surface area contributed by atoms with Crippen LogP contribution < -0.4 is 0 Å². The number of ether oxygens (including phenoxy) is 1. The molecule has 0 radical (unpaired) electrons. The Kier molecular flexibility index (Phi) is 9.00. The molecule has 4 rings (SSSR count). The van der Waals surface area contributed by atoms with Crippen LogP contribution in [0.1, 0.15) is 48.6 Å². The first-order chi connectivity index (χ1) is 17.7. The summed E-state index contributed by atoms with van der Waals surface area (Å²) in [6, 6.07) is 13.5. The summed E-state index contributed by atoms with van der Waals surface area (Å²) in [5.41, 5.74) is 5.08. The number of amides is 2. The molecule has 0 N–H and O–H groups in total. The van der Waals surface area contributed by atoms with E-state index < -0.39 is 0 Å². The van der Waals surface area contributed by atoms with Crippen molar-refractivity contribution in [3.63, 3.8) is 0 Å². The minimum Gasteiger partial charge on any atom is -0.379 e. The number of rotatable bonds is 8. The number of benzene rings is 2. The molecule has 7 nitrogen and oxygen atoms in total. The van der Waals surface area contributed by atoms with Crippen molar-refractivity contribution in [1.82, 2.24) is 14.8 Å². The lowest BCUT2D eigenvalue weighted by atomic mass is 9.96. The Labute approximate surface area is 225 Å². The Morgan fingerprint density at radius 3 is 2.51 bits per heavy atom. The van der Waals surface area contributed by atoms with Gasteiger partial charge in [0.05, 0.1) is 25.0 Å². The number of hydrogen-bond donors (Lipinski definition) is 0. The van der Waals surface area contributed by atoms with Gasteiger partial charge >= 0.3 is 0 Å². The maximum atomic E-state index is 13.8. The molecule has 1 fully saturated rings. The lowest BCUT2D eigenvalue weighted by Crippen LogP contribution is -2.47. The molecule has 0 unspecified atom stereocenters. The number of hydrogen-bond acceptors (Lipinski definition) is 5. The second-order valence-corrected chi connectivity index (χ2v) is 10.6. The molecule has 2 aliphatic heterocycles. The van der Waals surface area contributed by atoms with Crippen molar-refractivity contribution in [3.8, 4) is 0 Å². The van der Waals surface area contributed by atoms with Crippen LogP contribution in [0.5, 0.6) is 0 Å². The van der Waals surface area contributed by atoms with Crippen molar-refractivity contribution >= 4 is 29.1 Å². The zero-order valence-corrected chi connectivity index (χ0v) is 23.0. The summed E-state index contributed by atoms with van der Waals surface area (Å²) in [7, 11) is 0. The molecular formula is C29H37ClN4O3. The van der Waals surface area contributed by atoms with Gasteiger partial charge in [0, 0.05) is 43.5 Å². The van der Waals surface area contributed by atoms with Crippen molar-refractivity contribution in [2.24, 2.45) is 11.0 Å². The highest BCUT2D eigenvalue weighted by molar-refractivity contribution is 6.31. The van der Waals surface area contributed by atoms with Crippen molar-refractivity contribution in [2.75, 3.05) is 45.9 Å². The van der Waals surface area contributed by atoms with Gasteiger partial charge in [-0.3, -0.25) is 14.5 Å². The molecule has 37 heavy (non-hydrogen) atoms. The standard InChI is InChI=1S/C29H37ClN4O3/c1-20(2)29(36)33(12-11-32-13-15-37-16-14-32)19-28(35)34-27(24-7-5-6-8-25(24)30)18-26(31-34)23-10-9-21(3)22(4)17-23/h5-10,17,20,27H,11-16,18-19H2,1-4H3/t27-/m0/s1. The summed E-state index contributed by atoms with van der Waals surface area (Å²) >= 11 is 6.58. The van der Waals surface area contributed by atoms with Crippen molar-refractivity contribution in [1.29, 1.82) is 0 Å². The van der Waals surface area contributed by atoms with Crippen LogP contribution in [-0.2, 0) is 14.3 Å². The van der Waals surface area contributed by atoms with E-state index in [1.54, 1.807) is 9.91 Å². The van der Waals surface area contributed by atoms with Crippen LogP contribution in [0.25, 0.3) is 0 Å². The van der Waals surface area contributed by atoms with Gasteiger partial charge in [0.2, 0.25) is 5.91 Å². The first-order valence-electron chi connectivity index (χ1n) is 13.0. The molecule has 1 saturated heterocycles. The highest BCUT2D eigenvalue weighted by atomic mass is 35.5. The lowest BCUT2D eigenvalue weighted by molar-refractivity contribution is -0.143. The molecule has 2 aromatic rings. The van der Waals surface area contributed by atoms with E-state index in [-0.39, 0.29) is 30.3 Å². The Morgan fingerprint density at radius 2 is 1.84 bits per heavy atom. The number of morpholine rings is 1. The van der Waals surface area contributed by atoms with Gasteiger partial charge in [-0.05, 0) is 48.2 Å². The number of hydrazone groups is 1. The van der Waals surface area contributed by atoms with E-state index in [9.17, 15) is 9.59 Å². The Balaban J connectivity index is 1.59. The maximum absolute atomic E-state index is 13.8. The first kappa shape index (κ1) is 27.3. The number of halogens is 1. The third-order valence-corrected chi connectivity index (χ3v) is 7.54. The van der Waals surface area contributed by atoms with Crippen LogP contribution in [0.2, 0.25) is 5.02 Å². The predicted molar refractivity (Wildman–Crippen MR) is 147 cm³/mol. The van der Waals surface area contributed by atoms with Gasteiger partial charge in [-0.2, -0.15) is 5.10 Å². The molecule has 2 heterocycles. The van der Waals surface area contributed by atoms with Crippen molar-refractivity contribution < 1.29 is 14.3 Å². The zero-order valence-electron chi connectivity index (χ0n) is 22.2. The maximum Gasteiger partial charge on any atom is 0.262 e. The second-order valence-electron chi connectivity index (χ2n) is 10.2. The van der Waals surface area contributed by atoms with E-state index in [0.717, 1.165) is 29.9 Å². The fourth-order valence-corrected chi connectivity index (χ4v) is 5.04. The third kappa shape index (κ3) is 6.58. The summed E-state index contributed by atoms with van der Waals surface area (Å²) in [6.45, 7) is 12.1. The van der Waals surface area contributed by atoms with Crippen LogP contribution in [0.15, 0.2) is 47.6 Å². The van der Waals surface area contributed by atoms with Crippen molar-refractivity contribution in [2.45, 2.75) is 40.2 Å². The molecule has 2 aromatic carbocycles. The van der Waals surface area contributed by atoms with Gasteiger partial charge in [-0.25, -0.2) is 5.01 Å². The number of carbonyl (C=O) groups is 2. The summed E-state index contributed by atoms with van der Waals surface area (Å²) in [5.74, 6) is -0.446. The molecule has 0 saturated carbocycles. The Morgan fingerprint density at radius 1 is 1.11 bits per heavy atom. The van der Waals surface area contributed by atoms with Crippen LogP contribution in [0, 0.1) is 19.8 Å². The zero-order chi connectivity index (χ0) is 26.5. The van der Waals surface area contributed by atoms with Gasteiger partial charge in [0.15, 0.2) is 0 Å². The van der Waals surface area contributed by atoms with E-state index in [4.69, 9.17) is 21.4 Å². The van der Waals surface area contributed by atoms with E-state index in [1.807, 2.05) is 38.1 Å². The number of nitrogens with zero attached hydrogens (tertiary/aromatic N) is 4. The number of carbonyl (C=O) groups excluding carboxylic acids is 2. The second kappa shape index (κ2) is 12.2. The van der Waals surface area contributed by atoms with Gasteiger partial charge in [-0.1, -0.05) is 55.8 Å². The van der Waals surface area contributed by atoms with Gasteiger partial charge in [0.1, 0.15) is 6.54 Å².